The first-order valence-corrected chi connectivity index (χ1v) is 8.73. The van der Waals surface area contributed by atoms with Gasteiger partial charge >= 0.3 is 0 Å². The molecule has 124 valence electrons. The predicted octanol–water partition coefficient (Wildman–Crippen LogP) is 2.38. The fourth-order valence-electron chi connectivity index (χ4n) is 3.26. The highest BCUT2D eigenvalue weighted by Crippen LogP contribution is 2.16. The summed E-state index contributed by atoms with van der Waals surface area (Å²) in [6.45, 7) is 10.4. The first-order chi connectivity index (χ1) is 10.0. The van der Waals surface area contributed by atoms with Crippen LogP contribution in [0.4, 0.5) is 0 Å². The van der Waals surface area contributed by atoms with E-state index in [1.165, 1.54) is 25.8 Å². The number of amides is 1. The number of nitrogens with two attached hydrogens (primary N) is 1. The Kier molecular flexibility index (Phi) is 8.93. The van der Waals surface area contributed by atoms with Crippen LogP contribution in [0.2, 0.25) is 0 Å². The molecule has 0 saturated carbocycles. The Morgan fingerprint density at radius 1 is 1.38 bits per heavy atom. The molecule has 1 aliphatic heterocycles. The molecule has 0 radical (unpaired) electrons. The van der Waals surface area contributed by atoms with E-state index in [1.54, 1.807) is 0 Å². The quantitative estimate of drug-likeness (QED) is 0.642. The molecule has 0 aromatic rings. The average Bonchev–Trinajstić information content (AvgIpc) is 2.44. The molecule has 0 bridgehead atoms. The standard InChI is InChI=1S/C17H35N3O/c1-14(2)11-16(13-18)12-17(21)19-8-6-10-20-9-5-4-7-15(20)3/h14-16H,4-13,18H2,1-3H3,(H,19,21). The lowest BCUT2D eigenvalue weighted by Gasteiger charge is -2.33. The molecule has 0 spiro atoms. The van der Waals surface area contributed by atoms with E-state index in [0.29, 0.717) is 30.8 Å². The van der Waals surface area contributed by atoms with Crippen molar-refractivity contribution in [3.8, 4) is 0 Å². The number of hydrogen-bond acceptors (Lipinski definition) is 3. The smallest absolute Gasteiger partial charge is 0.220 e. The zero-order chi connectivity index (χ0) is 15.7. The fraction of sp³-hybridized carbons (Fsp3) is 0.941. The number of carbonyl (C=O) groups is 1. The highest BCUT2D eigenvalue weighted by Gasteiger charge is 2.17. The number of hydrogen-bond donors (Lipinski definition) is 2. The molecule has 4 nitrogen and oxygen atoms in total. The van der Waals surface area contributed by atoms with E-state index in [4.69, 9.17) is 5.73 Å². The minimum atomic E-state index is 0.165. The normalized spacial score (nSPS) is 21.5. The molecular formula is C17H35N3O. The van der Waals surface area contributed by atoms with Gasteiger partial charge in [0, 0.05) is 25.6 Å². The van der Waals surface area contributed by atoms with E-state index < -0.39 is 0 Å². The Morgan fingerprint density at radius 3 is 2.76 bits per heavy atom. The number of rotatable bonds is 9. The number of carbonyl (C=O) groups excluding carboxylic acids is 1. The molecule has 4 heteroatoms. The van der Waals surface area contributed by atoms with Gasteiger partial charge in [0.05, 0.1) is 0 Å². The largest absolute Gasteiger partial charge is 0.356 e. The summed E-state index contributed by atoms with van der Waals surface area (Å²) in [5, 5.41) is 3.05. The molecule has 1 rings (SSSR count). The summed E-state index contributed by atoms with van der Waals surface area (Å²) in [5.41, 5.74) is 5.75. The molecule has 1 amide bonds. The molecule has 3 N–H and O–H groups in total. The summed E-state index contributed by atoms with van der Waals surface area (Å²) in [6.07, 6.45) is 6.67. The van der Waals surface area contributed by atoms with Crippen LogP contribution >= 0.6 is 0 Å². The number of nitrogens with zero attached hydrogens (tertiary/aromatic N) is 1. The lowest BCUT2D eigenvalue weighted by atomic mass is 9.94. The summed E-state index contributed by atoms with van der Waals surface area (Å²) in [7, 11) is 0. The third-order valence-electron chi connectivity index (χ3n) is 4.50. The van der Waals surface area contributed by atoms with E-state index >= 15 is 0 Å². The van der Waals surface area contributed by atoms with Gasteiger partial charge in [-0.25, -0.2) is 0 Å². The molecule has 2 unspecified atom stereocenters. The fourth-order valence-corrected chi connectivity index (χ4v) is 3.26. The minimum Gasteiger partial charge on any atom is -0.356 e. The number of nitrogens with one attached hydrogen (secondary N) is 1. The van der Waals surface area contributed by atoms with Crippen molar-refractivity contribution in [3.63, 3.8) is 0 Å². The third kappa shape index (κ3) is 7.82. The maximum atomic E-state index is 11.9. The van der Waals surface area contributed by atoms with Crippen molar-refractivity contribution in [2.45, 2.75) is 65.3 Å². The molecule has 1 heterocycles. The second-order valence-electron chi connectivity index (χ2n) is 7.02. The third-order valence-corrected chi connectivity index (χ3v) is 4.50. The Balaban J connectivity index is 2.12. The average molecular weight is 297 g/mol. The van der Waals surface area contributed by atoms with Crippen molar-refractivity contribution in [1.29, 1.82) is 0 Å². The van der Waals surface area contributed by atoms with Crippen molar-refractivity contribution >= 4 is 5.91 Å². The van der Waals surface area contributed by atoms with Crippen LogP contribution in [-0.4, -0.2) is 43.0 Å². The molecular weight excluding hydrogens is 262 g/mol. The Bertz CT molecular complexity index is 294. The highest BCUT2D eigenvalue weighted by molar-refractivity contribution is 5.76. The van der Waals surface area contributed by atoms with Crippen molar-refractivity contribution < 1.29 is 4.79 Å². The Labute approximate surface area is 130 Å². The molecule has 1 aliphatic rings. The lowest BCUT2D eigenvalue weighted by Crippen LogP contribution is -2.39. The monoisotopic (exact) mass is 297 g/mol. The second kappa shape index (κ2) is 10.2. The van der Waals surface area contributed by atoms with E-state index in [9.17, 15) is 4.79 Å². The van der Waals surface area contributed by atoms with Gasteiger partial charge in [-0.1, -0.05) is 20.3 Å². The maximum Gasteiger partial charge on any atom is 0.220 e. The molecule has 1 fully saturated rings. The number of likely N-dealkylation sites (tertiary alicyclic amines) is 1. The van der Waals surface area contributed by atoms with Crippen LogP contribution in [0.1, 0.15) is 59.3 Å². The van der Waals surface area contributed by atoms with Crippen LogP contribution in [0, 0.1) is 11.8 Å². The van der Waals surface area contributed by atoms with Crippen LogP contribution in [0.25, 0.3) is 0 Å². The minimum absolute atomic E-state index is 0.165. The van der Waals surface area contributed by atoms with Gasteiger partial charge in [0.1, 0.15) is 0 Å². The van der Waals surface area contributed by atoms with Gasteiger partial charge in [0.25, 0.3) is 0 Å². The van der Waals surface area contributed by atoms with Crippen molar-refractivity contribution in [1.82, 2.24) is 10.2 Å². The van der Waals surface area contributed by atoms with E-state index in [1.807, 2.05) is 0 Å². The SMILES string of the molecule is CC(C)CC(CN)CC(=O)NCCCN1CCCCC1C. The molecule has 1 saturated heterocycles. The van der Waals surface area contributed by atoms with Crippen LogP contribution in [0.5, 0.6) is 0 Å². The summed E-state index contributed by atoms with van der Waals surface area (Å²) < 4.78 is 0. The van der Waals surface area contributed by atoms with Crippen LogP contribution in [0.15, 0.2) is 0 Å². The molecule has 21 heavy (non-hydrogen) atoms. The number of piperidine rings is 1. The van der Waals surface area contributed by atoms with Crippen LogP contribution in [0.3, 0.4) is 0 Å². The van der Waals surface area contributed by atoms with Gasteiger partial charge in [0.15, 0.2) is 0 Å². The van der Waals surface area contributed by atoms with Crippen LogP contribution in [-0.2, 0) is 4.79 Å². The summed E-state index contributed by atoms with van der Waals surface area (Å²) >= 11 is 0. The van der Waals surface area contributed by atoms with E-state index in [2.05, 4.69) is 31.0 Å². The summed E-state index contributed by atoms with van der Waals surface area (Å²) in [4.78, 5) is 14.5. The van der Waals surface area contributed by atoms with Gasteiger partial charge < -0.3 is 16.0 Å². The van der Waals surface area contributed by atoms with Crippen molar-refractivity contribution in [2.24, 2.45) is 17.6 Å². The molecule has 2 atom stereocenters. The zero-order valence-electron chi connectivity index (χ0n) is 14.2. The Morgan fingerprint density at radius 2 is 2.14 bits per heavy atom. The van der Waals surface area contributed by atoms with Gasteiger partial charge in [-0.15, -0.1) is 0 Å². The zero-order valence-corrected chi connectivity index (χ0v) is 14.2. The first-order valence-electron chi connectivity index (χ1n) is 8.73. The molecule has 0 aromatic carbocycles. The molecule has 0 aromatic heterocycles. The summed E-state index contributed by atoms with van der Waals surface area (Å²) in [6, 6.07) is 0.710. The van der Waals surface area contributed by atoms with Gasteiger partial charge in [-0.3, -0.25) is 4.79 Å². The van der Waals surface area contributed by atoms with E-state index in [-0.39, 0.29) is 5.91 Å². The summed E-state index contributed by atoms with van der Waals surface area (Å²) in [5.74, 6) is 1.09. The second-order valence-corrected chi connectivity index (χ2v) is 7.02. The predicted molar refractivity (Wildman–Crippen MR) is 89.1 cm³/mol. The maximum absolute atomic E-state index is 11.9. The van der Waals surface area contributed by atoms with Crippen LogP contribution < -0.4 is 11.1 Å². The topological polar surface area (TPSA) is 58.4 Å². The Hall–Kier alpha value is -0.610. The van der Waals surface area contributed by atoms with Gasteiger partial charge in [-0.05, 0) is 57.5 Å². The highest BCUT2D eigenvalue weighted by atomic mass is 16.1. The van der Waals surface area contributed by atoms with Gasteiger partial charge in [-0.2, -0.15) is 0 Å². The van der Waals surface area contributed by atoms with Crippen molar-refractivity contribution in [3.05, 3.63) is 0 Å². The first kappa shape index (κ1) is 18.4. The lowest BCUT2D eigenvalue weighted by molar-refractivity contribution is -0.122. The van der Waals surface area contributed by atoms with E-state index in [0.717, 1.165) is 25.9 Å². The van der Waals surface area contributed by atoms with Gasteiger partial charge in [0.2, 0.25) is 5.91 Å². The van der Waals surface area contributed by atoms with Crippen molar-refractivity contribution in [2.75, 3.05) is 26.2 Å². The molecule has 0 aliphatic carbocycles.